The van der Waals surface area contributed by atoms with Crippen LogP contribution in [0.25, 0.3) is 44.5 Å². The fraction of sp³-hybridized carbons (Fsp3) is 0.158. The Morgan fingerprint density at radius 3 is 1.49 bits per heavy atom. The van der Waals surface area contributed by atoms with E-state index in [1.54, 1.807) is 0 Å². The molecule has 2 nitrogen and oxygen atoms in total. The highest BCUT2D eigenvalue weighted by molar-refractivity contribution is 5.96. The number of hydrogen-bond donors (Lipinski definition) is 1. The third-order valence-corrected chi connectivity index (χ3v) is 13.9. The van der Waals surface area contributed by atoms with E-state index in [0.717, 1.165) is 22.7 Å². The van der Waals surface area contributed by atoms with Gasteiger partial charge in [0.1, 0.15) is 0 Å². The minimum atomic E-state index is -0.0949. The summed E-state index contributed by atoms with van der Waals surface area (Å²) in [6.45, 7) is 14.1. The molecule has 0 saturated carbocycles. The van der Waals surface area contributed by atoms with E-state index >= 15 is 0 Å². The maximum Gasteiger partial charge on any atom is 0.0543 e. The smallest absolute Gasteiger partial charge is 0.0543 e. The highest BCUT2D eigenvalue weighted by Crippen LogP contribution is 2.56. The van der Waals surface area contributed by atoms with Crippen molar-refractivity contribution < 1.29 is 0 Å². The van der Waals surface area contributed by atoms with Crippen molar-refractivity contribution >= 4 is 28.4 Å². The topological polar surface area (TPSA) is 15.3 Å². The van der Waals surface area contributed by atoms with Crippen LogP contribution in [-0.2, 0) is 16.2 Å². The highest BCUT2D eigenvalue weighted by Gasteiger charge is 2.39. The van der Waals surface area contributed by atoms with Gasteiger partial charge < -0.3 is 10.2 Å². The maximum absolute atomic E-state index is 3.69. The van der Waals surface area contributed by atoms with Crippen molar-refractivity contribution in [2.75, 3.05) is 10.2 Å². The monoisotopic (exact) mass is 760 g/mol. The van der Waals surface area contributed by atoms with Crippen molar-refractivity contribution in [2.24, 2.45) is 0 Å². The van der Waals surface area contributed by atoms with E-state index in [0.29, 0.717) is 0 Å². The normalized spacial score (nSPS) is 15.4. The van der Waals surface area contributed by atoms with Crippen LogP contribution in [-0.4, -0.2) is 0 Å². The van der Waals surface area contributed by atoms with E-state index < -0.39 is 0 Å². The summed E-state index contributed by atoms with van der Waals surface area (Å²) < 4.78 is 0. The molecular formula is C57H48N2. The minimum absolute atomic E-state index is 0.0280. The molecule has 3 aliphatic carbocycles. The number of nitrogens with zero attached hydrogens (tertiary/aromatic N) is 1. The summed E-state index contributed by atoms with van der Waals surface area (Å²) in [5.74, 6) is 0. The standard InChI is InChI=1S/C57H48N2/c1-55(2)48-18-11-8-15-43(48)46-35-41(31-33-50(46)55)59(53-21-13-20-51-54(53)45-16-9-12-19-49(45)56(51,3)4)40-29-24-37(25-30-40)36-22-26-38(27-23-36)58-39-28-32-44-42-14-7-10-17-47(42)57(5,6)52(44)34-39/h7-35,58H,1-6H3. The zero-order valence-corrected chi connectivity index (χ0v) is 34.7. The number of rotatable bonds is 6. The van der Waals surface area contributed by atoms with Crippen LogP contribution >= 0.6 is 0 Å². The minimum Gasteiger partial charge on any atom is -0.356 e. The largest absolute Gasteiger partial charge is 0.356 e. The SMILES string of the molecule is CC1(C)c2ccccc2-c2cc(N(c3ccc(-c4ccc(Nc5ccc6c(c5)C(C)(C)c5ccccc5-6)cc4)cc3)c3cccc4c3-c3ccccc3C4(C)C)ccc21. The molecule has 0 spiro atoms. The van der Waals surface area contributed by atoms with Crippen molar-refractivity contribution in [1.29, 1.82) is 0 Å². The molecule has 0 saturated heterocycles. The van der Waals surface area contributed by atoms with E-state index in [-0.39, 0.29) is 16.2 Å². The Bertz CT molecular complexity index is 2980. The van der Waals surface area contributed by atoms with Crippen LogP contribution in [0.3, 0.4) is 0 Å². The van der Waals surface area contributed by atoms with Gasteiger partial charge in [0.15, 0.2) is 0 Å². The number of anilines is 5. The molecule has 11 rings (SSSR count). The summed E-state index contributed by atoms with van der Waals surface area (Å²) in [7, 11) is 0. The molecule has 0 aromatic heterocycles. The summed E-state index contributed by atoms with van der Waals surface area (Å²) in [5.41, 5.74) is 24.1. The number of nitrogens with one attached hydrogen (secondary N) is 1. The lowest BCUT2D eigenvalue weighted by Crippen LogP contribution is -2.16. The molecule has 8 aromatic rings. The molecule has 8 aromatic carbocycles. The van der Waals surface area contributed by atoms with Gasteiger partial charge in [0.05, 0.1) is 5.69 Å². The molecule has 0 atom stereocenters. The lowest BCUT2D eigenvalue weighted by Gasteiger charge is -2.30. The molecule has 59 heavy (non-hydrogen) atoms. The lowest BCUT2D eigenvalue weighted by atomic mass is 9.82. The molecule has 0 heterocycles. The lowest BCUT2D eigenvalue weighted by molar-refractivity contribution is 0.660. The van der Waals surface area contributed by atoms with Crippen molar-refractivity contribution in [2.45, 2.75) is 57.8 Å². The Kier molecular flexibility index (Phi) is 7.63. The average Bonchev–Trinajstić information content (AvgIpc) is 3.74. The fourth-order valence-electron chi connectivity index (χ4n) is 10.7. The van der Waals surface area contributed by atoms with Crippen LogP contribution < -0.4 is 10.2 Å². The van der Waals surface area contributed by atoms with Crippen LogP contribution in [0.5, 0.6) is 0 Å². The van der Waals surface area contributed by atoms with Gasteiger partial charge in [-0.25, -0.2) is 0 Å². The molecule has 0 amide bonds. The summed E-state index contributed by atoms with van der Waals surface area (Å²) in [4.78, 5) is 2.48. The molecule has 1 N–H and O–H groups in total. The van der Waals surface area contributed by atoms with Gasteiger partial charge in [-0.1, -0.05) is 163 Å². The van der Waals surface area contributed by atoms with Crippen LogP contribution in [0.15, 0.2) is 176 Å². The van der Waals surface area contributed by atoms with E-state index in [4.69, 9.17) is 0 Å². The second-order valence-electron chi connectivity index (χ2n) is 18.3. The van der Waals surface area contributed by atoms with Crippen molar-refractivity contribution in [1.82, 2.24) is 0 Å². The molecule has 286 valence electrons. The fourth-order valence-corrected chi connectivity index (χ4v) is 10.7. The van der Waals surface area contributed by atoms with Crippen LogP contribution in [0.1, 0.15) is 74.9 Å². The molecule has 2 heteroatoms. The zero-order valence-electron chi connectivity index (χ0n) is 34.7. The Morgan fingerprint density at radius 1 is 0.339 bits per heavy atom. The van der Waals surface area contributed by atoms with Gasteiger partial charge in [0.2, 0.25) is 0 Å². The zero-order chi connectivity index (χ0) is 40.3. The highest BCUT2D eigenvalue weighted by atomic mass is 15.1. The van der Waals surface area contributed by atoms with Gasteiger partial charge in [-0.3, -0.25) is 0 Å². The number of benzene rings is 8. The second-order valence-corrected chi connectivity index (χ2v) is 18.3. The van der Waals surface area contributed by atoms with E-state index in [9.17, 15) is 0 Å². The van der Waals surface area contributed by atoms with Gasteiger partial charge in [0.25, 0.3) is 0 Å². The Labute approximate surface area is 348 Å². The quantitative estimate of drug-likeness (QED) is 0.182. The Morgan fingerprint density at radius 2 is 0.814 bits per heavy atom. The van der Waals surface area contributed by atoms with E-state index in [2.05, 4.69) is 228 Å². The summed E-state index contributed by atoms with van der Waals surface area (Å²) >= 11 is 0. The van der Waals surface area contributed by atoms with Gasteiger partial charge in [-0.2, -0.15) is 0 Å². The molecule has 3 aliphatic rings. The predicted molar refractivity (Wildman–Crippen MR) is 249 cm³/mol. The van der Waals surface area contributed by atoms with Gasteiger partial charge in [0, 0.05) is 44.6 Å². The molecule has 0 fully saturated rings. The summed E-state index contributed by atoms with van der Waals surface area (Å²) in [5, 5.41) is 3.69. The molecule has 0 unspecified atom stereocenters. The first kappa shape index (κ1) is 35.5. The summed E-state index contributed by atoms with van der Waals surface area (Å²) in [6, 6.07) is 65.5. The second kappa shape index (κ2) is 12.7. The molecule has 0 bridgehead atoms. The Hall–Kier alpha value is -6.64. The van der Waals surface area contributed by atoms with Crippen molar-refractivity contribution in [3.05, 3.63) is 209 Å². The number of fused-ring (bicyclic) bond motifs is 9. The van der Waals surface area contributed by atoms with Gasteiger partial charge in [-0.15, -0.1) is 0 Å². The van der Waals surface area contributed by atoms with Gasteiger partial charge in [-0.05, 0) is 127 Å². The van der Waals surface area contributed by atoms with Crippen molar-refractivity contribution in [3.63, 3.8) is 0 Å². The maximum atomic E-state index is 3.69. The molecule has 0 aliphatic heterocycles. The summed E-state index contributed by atoms with van der Waals surface area (Å²) in [6.07, 6.45) is 0. The molecule has 0 radical (unpaired) electrons. The third kappa shape index (κ3) is 5.25. The van der Waals surface area contributed by atoms with Crippen molar-refractivity contribution in [3.8, 4) is 44.5 Å². The van der Waals surface area contributed by atoms with Crippen LogP contribution in [0.4, 0.5) is 28.4 Å². The first-order valence-corrected chi connectivity index (χ1v) is 21.0. The first-order valence-electron chi connectivity index (χ1n) is 21.0. The number of hydrogen-bond acceptors (Lipinski definition) is 2. The third-order valence-electron chi connectivity index (χ3n) is 13.9. The van der Waals surface area contributed by atoms with Crippen LogP contribution in [0, 0.1) is 0 Å². The first-order chi connectivity index (χ1) is 28.5. The van der Waals surface area contributed by atoms with E-state index in [1.165, 1.54) is 83.6 Å². The average molecular weight is 761 g/mol. The molecular weight excluding hydrogens is 713 g/mol. The predicted octanol–water partition coefficient (Wildman–Crippen LogP) is 15.5. The van der Waals surface area contributed by atoms with Gasteiger partial charge >= 0.3 is 0 Å². The van der Waals surface area contributed by atoms with Crippen LogP contribution in [0.2, 0.25) is 0 Å². The Balaban J connectivity index is 0.953. The van der Waals surface area contributed by atoms with E-state index in [1.807, 2.05) is 0 Å².